The van der Waals surface area contributed by atoms with Crippen LogP contribution in [0.5, 0.6) is 0 Å². The predicted octanol–water partition coefficient (Wildman–Crippen LogP) is 6.59. The van der Waals surface area contributed by atoms with Crippen molar-refractivity contribution >= 4 is 17.5 Å². The van der Waals surface area contributed by atoms with Gasteiger partial charge in [-0.1, -0.05) is 64.8 Å². The monoisotopic (exact) mass is 448 g/mol. The molecule has 0 radical (unpaired) electrons. The van der Waals surface area contributed by atoms with Gasteiger partial charge in [0.15, 0.2) is 5.76 Å². The number of rotatable bonds is 6. The molecule has 0 spiro atoms. The molecular weight excluding hydrogens is 427 g/mol. The van der Waals surface area contributed by atoms with Crippen LogP contribution in [-0.2, 0) is 13.1 Å². The number of amides is 1. The largest absolute Gasteiger partial charge is 0.356 e. The number of hydrogen-bond donors (Lipinski definition) is 0. The molecule has 3 aromatic carbocycles. The summed E-state index contributed by atoms with van der Waals surface area (Å²) in [5.74, 6) is 0.0766. The van der Waals surface area contributed by atoms with Crippen LogP contribution >= 0.6 is 11.6 Å². The maximum absolute atomic E-state index is 13.3. The molecule has 0 aliphatic rings. The predicted molar refractivity (Wildman–Crippen MR) is 123 cm³/mol. The van der Waals surface area contributed by atoms with Gasteiger partial charge < -0.3 is 9.42 Å². The smallest absolute Gasteiger partial charge is 0.256 e. The molecule has 0 saturated heterocycles. The van der Waals surface area contributed by atoms with Crippen molar-refractivity contribution in [1.29, 1.82) is 0 Å². The molecule has 4 nitrogen and oxygen atoms in total. The molecule has 162 valence electrons. The van der Waals surface area contributed by atoms with Crippen LogP contribution in [0.15, 0.2) is 77.3 Å². The second kappa shape index (κ2) is 9.37. The first-order chi connectivity index (χ1) is 15.4. The molecule has 0 N–H and O–H groups in total. The molecule has 1 heterocycles. The molecule has 1 amide bonds. The Hall–Kier alpha value is -3.44. The van der Waals surface area contributed by atoms with Crippen molar-refractivity contribution < 1.29 is 13.7 Å². The first kappa shape index (κ1) is 21.8. The van der Waals surface area contributed by atoms with Crippen molar-refractivity contribution in [2.75, 3.05) is 0 Å². The molecule has 0 saturated carbocycles. The van der Waals surface area contributed by atoms with E-state index in [0.717, 1.165) is 16.7 Å². The Morgan fingerprint density at radius 1 is 1.00 bits per heavy atom. The lowest BCUT2D eigenvalue weighted by Gasteiger charge is -2.22. The van der Waals surface area contributed by atoms with Gasteiger partial charge in [-0.2, -0.15) is 0 Å². The number of aryl methyl sites for hydroxylation is 2. The van der Waals surface area contributed by atoms with E-state index in [9.17, 15) is 9.18 Å². The van der Waals surface area contributed by atoms with Crippen LogP contribution in [0.4, 0.5) is 4.39 Å². The van der Waals surface area contributed by atoms with Crippen molar-refractivity contribution in [2.24, 2.45) is 0 Å². The zero-order valence-electron chi connectivity index (χ0n) is 17.8. The maximum Gasteiger partial charge on any atom is 0.256 e. The Balaban J connectivity index is 1.63. The minimum atomic E-state index is -0.327. The van der Waals surface area contributed by atoms with E-state index in [1.807, 2.05) is 32.0 Å². The molecule has 0 aliphatic carbocycles. The first-order valence-corrected chi connectivity index (χ1v) is 10.6. The minimum Gasteiger partial charge on any atom is -0.356 e. The van der Waals surface area contributed by atoms with Gasteiger partial charge in [0.2, 0.25) is 0 Å². The fourth-order valence-corrected chi connectivity index (χ4v) is 3.83. The van der Waals surface area contributed by atoms with Crippen molar-refractivity contribution in [2.45, 2.75) is 26.9 Å². The molecular formula is C26H22ClFN2O2. The lowest BCUT2D eigenvalue weighted by atomic mass is 10.0. The number of aromatic nitrogens is 1. The van der Waals surface area contributed by atoms with Crippen LogP contribution in [0.1, 0.15) is 32.7 Å². The van der Waals surface area contributed by atoms with Gasteiger partial charge in [0.25, 0.3) is 5.91 Å². The van der Waals surface area contributed by atoms with Gasteiger partial charge in [0.05, 0.1) is 17.1 Å². The Morgan fingerprint density at radius 2 is 1.75 bits per heavy atom. The van der Waals surface area contributed by atoms with E-state index < -0.39 is 0 Å². The third-order valence-corrected chi connectivity index (χ3v) is 5.57. The van der Waals surface area contributed by atoms with E-state index >= 15 is 0 Å². The summed E-state index contributed by atoms with van der Waals surface area (Å²) >= 11 is 6.27. The van der Waals surface area contributed by atoms with Gasteiger partial charge in [-0.3, -0.25) is 4.79 Å². The molecule has 0 unspecified atom stereocenters. The first-order valence-electron chi connectivity index (χ1n) is 10.2. The van der Waals surface area contributed by atoms with Crippen LogP contribution in [0.3, 0.4) is 0 Å². The topological polar surface area (TPSA) is 46.3 Å². The number of halogens is 2. The van der Waals surface area contributed by atoms with Crippen LogP contribution in [0.2, 0.25) is 5.02 Å². The highest BCUT2D eigenvalue weighted by Crippen LogP contribution is 2.26. The number of hydrogen-bond acceptors (Lipinski definition) is 3. The number of nitrogens with zero attached hydrogens (tertiary/aromatic N) is 2. The van der Waals surface area contributed by atoms with Crippen LogP contribution in [0, 0.1) is 19.7 Å². The number of carbonyl (C=O) groups excluding carboxylic acids is 1. The highest BCUT2D eigenvalue weighted by molar-refractivity contribution is 6.33. The number of carbonyl (C=O) groups is 1. The molecule has 0 atom stereocenters. The lowest BCUT2D eigenvalue weighted by molar-refractivity contribution is 0.0726. The summed E-state index contributed by atoms with van der Waals surface area (Å²) in [5.41, 5.74) is 5.02. The molecule has 4 aromatic rings. The summed E-state index contributed by atoms with van der Waals surface area (Å²) in [4.78, 5) is 14.9. The van der Waals surface area contributed by atoms with Crippen LogP contribution in [-0.4, -0.2) is 16.0 Å². The van der Waals surface area contributed by atoms with Gasteiger partial charge >= 0.3 is 0 Å². The zero-order valence-corrected chi connectivity index (χ0v) is 18.6. The van der Waals surface area contributed by atoms with Gasteiger partial charge in [-0.25, -0.2) is 4.39 Å². The van der Waals surface area contributed by atoms with Gasteiger partial charge in [-0.15, -0.1) is 0 Å². The van der Waals surface area contributed by atoms with Crippen molar-refractivity contribution in [3.63, 3.8) is 0 Å². The summed E-state index contributed by atoms with van der Waals surface area (Å²) in [5, 5.41) is 4.56. The molecule has 0 bridgehead atoms. The zero-order chi connectivity index (χ0) is 22.7. The Labute approximate surface area is 191 Å². The standard InChI is InChI=1S/C26H22ClFN2O2/c1-17-7-12-22(18(2)13-17)25-14-21(29-32-25)16-30(15-19-8-10-20(28)11-9-19)26(31)23-5-3-4-6-24(23)27/h3-14H,15-16H2,1-2H3. The van der Waals surface area contributed by atoms with Gasteiger partial charge in [0, 0.05) is 18.2 Å². The van der Waals surface area contributed by atoms with E-state index in [4.69, 9.17) is 16.1 Å². The lowest BCUT2D eigenvalue weighted by Crippen LogP contribution is -2.30. The third kappa shape index (κ3) is 4.89. The summed E-state index contributed by atoms with van der Waals surface area (Å²) in [6.07, 6.45) is 0. The molecule has 0 fully saturated rings. The van der Waals surface area contributed by atoms with E-state index in [0.29, 0.717) is 22.0 Å². The molecule has 6 heteroatoms. The molecule has 1 aromatic heterocycles. The molecule has 32 heavy (non-hydrogen) atoms. The quantitative estimate of drug-likeness (QED) is 0.334. The highest BCUT2D eigenvalue weighted by atomic mass is 35.5. The van der Waals surface area contributed by atoms with Gasteiger partial charge in [0.1, 0.15) is 11.5 Å². The normalized spacial score (nSPS) is 10.9. The molecule has 4 rings (SSSR count). The van der Waals surface area contributed by atoms with Crippen molar-refractivity contribution in [3.8, 4) is 11.3 Å². The van der Waals surface area contributed by atoms with Gasteiger partial charge in [-0.05, 0) is 49.2 Å². The SMILES string of the molecule is Cc1ccc(-c2cc(CN(Cc3ccc(F)cc3)C(=O)c3ccccc3Cl)no2)c(C)c1. The molecule has 0 aliphatic heterocycles. The van der Waals surface area contributed by atoms with Crippen LogP contribution in [0.25, 0.3) is 11.3 Å². The minimum absolute atomic E-state index is 0.218. The third-order valence-electron chi connectivity index (χ3n) is 5.24. The van der Waals surface area contributed by atoms with Crippen LogP contribution < -0.4 is 0 Å². The summed E-state index contributed by atoms with van der Waals surface area (Å²) in [6.45, 7) is 4.55. The summed E-state index contributed by atoms with van der Waals surface area (Å²) < 4.78 is 18.9. The van der Waals surface area contributed by atoms with E-state index in [2.05, 4.69) is 11.2 Å². The average molecular weight is 449 g/mol. The Bertz CT molecular complexity index is 1250. The number of benzene rings is 3. The van der Waals surface area contributed by atoms with Crippen molar-refractivity contribution in [1.82, 2.24) is 10.1 Å². The van der Waals surface area contributed by atoms with E-state index in [1.165, 1.54) is 17.7 Å². The summed E-state index contributed by atoms with van der Waals surface area (Å²) in [7, 11) is 0. The summed E-state index contributed by atoms with van der Waals surface area (Å²) in [6, 6.07) is 20.9. The second-order valence-corrected chi connectivity index (χ2v) is 8.18. The van der Waals surface area contributed by atoms with E-state index in [-0.39, 0.29) is 24.8 Å². The fourth-order valence-electron chi connectivity index (χ4n) is 3.61. The Kier molecular flexibility index (Phi) is 6.37. The fraction of sp³-hybridized carbons (Fsp3) is 0.154. The second-order valence-electron chi connectivity index (χ2n) is 7.77. The highest BCUT2D eigenvalue weighted by Gasteiger charge is 2.21. The average Bonchev–Trinajstić information content (AvgIpc) is 3.23. The van der Waals surface area contributed by atoms with Crippen molar-refractivity contribution in [3.05, 3.63) is 112 Å². The van der Waals surface area contributed by atoms with E-state index in [1.54, 1.807) is 41.3 Å². The maximum atomic E-state index is 13.3. The Morgan fingerprint density at radius 3 is 2.47 bits per heavy atom.